The second-order valence-electron chi connectivity index (χ2n) is 7.14. The van der Waals surface area contributed by atoms with Crippen LogP contribution in [0.1, 0.15) is 34.2 Å². The Hall–Kier alpha value is -3.81. The molecule has 0 bridgehead atoms. The number of hydrogen-bond donors (Lipinski definition) is 2. The summed E-state index contributed by atoms with van der Waals surface area (Å²) in [5, 5.41) is 10.6. The molecule has 8 heteroatoms. The highest BCUT2D eigenvalue weighted by molar-refractivity contribution is 6.10. The summed E-state index contributed by atoms with van der Waals surface area (Å²) in [7, 11) is 3.08. The van der Waals surface area contributed by atoms with Gasteiger partial charge in [-0.05, 0) is 51.1 Å². The summed E-state index contributed by atoms with van der Waals surface area (Å²) in [6, 6.07) is 14.6. The Kier molecular flexibility index (Phi) is 7.49. The highest BCUT2D eigenvalue weighted by atomic mass is 16.5. The van der Waals surface area contributed by atoms with E-state index in [1.165, 1.54) is 7.11 Å². The van der Waals surface area contributed by atoms with Crippen molar-refractivity contribution in [2.75, 3.05) is 19.5 Å². The van der Waals surface area contributed by atoms with Crippen molar-refractivity contribution in [3.05, 3.63) is 71.0 Å². The fourth-order valence-corrected chi connectivity index (χ4v) is 3.35. The quantitative estimate of drug-likeness (QED) is 0.433. The highest BCUT2D eigenvalue weighted by Crippen LogP contribution is 2.27. The maximum Gasteiger partial charge on any atom is 0.258 e. The fraction of sp³-hybridized carbons (Fsp3) is 0.292. The molecule has 3 rings (SSSR count). The number of amides is 1. The molecule has 168 valence electrons. The molecule has 1 amide bonds. The van der Waals surface area contributed by atoms with Crippen LogP contribution < -0.4 is 20.1 Å². The number of carbonyl (C=O) groups is 1. The summed E-state index contributed by atoms with van der Waals surface area (Å²) in [6.45, 7) is 7.23. The zero-order valence-electron chi connectivity index (χ0n) is 19.1. The van der Waals surface area contributed by atoms with E-state index in [2.05, 4.69) is 27.6 Å². The number of aliphatic imine (C=N–C) groups is 1. The number of para-hydroxylation sites is 1. The van der Waals surface area contributed by atoms with Crippen LogP contribution in [0.5, 0.6) is 11.5 Å². The van der Waals surface area contributed by atoms with Crippen molar-refractivity contribution in [2.45, 2.75) is 33.9 Å². The molecule has 0 fully saturated rings. The third-order valence-electron chi connectivity index (χ3n) is 5.14. The molecular weight excluding hydrogens is 406 g/mol. The van der Waals surface area contributed by atoms with Gasteiger partial charge in [-0.15, -0.1) is 0 Å². The van der Waals surface area contributed by atoms with Gasteiger partial charge in [0.2, 0.25) is 5.96 Å². The van der Waals surface area contributed by atoms with Crippen LogP contribution in [0.15, 0.2) is 53.5 Å². The van der Waals surface area contributed by atoms with Crippen molar-refractivity contribution in [2.24, 2.45) is 4.99 Å². The van der Waals surface area contributed by atoms with Gasteiger partial charge in [0.15, 0.2) is 11.5 Å². The van der Waals surface area contributed by atoms with Crippen LogP contribution in [0, 0.1) is 13.8 Å². The fourth-order valence-electron chi connectivity index (χ4n) is 3.35. The van der Waals surface area contributed by atoms with Crippen LogP contribution in [0.25, 0.3) is 0 Å². The number of rotatable bonds is 7. The minimum absolute atomic E-state index is 0.314. The minimum Gasteiger partial charge on any atom is -0.493 e. The first-order valence-electron chi connectivity index (χ1n) is 10.4. The summed E-state index contributed by atoms with van der Waals surface area (Å²) in [5.41, 5.74) is 4.28. The van der Waals surface area contributed by atoms with E-state index >= 15 is 0 Å². The number of ether oxygens (including phenoxy) is 2. The van der Waals surface area contributed by atoms with Gasteiger partial charge in [0, 0.05) is 29.1 Å². The van der Waals surface area contributed by atoms with E-state index in [0.717, 1.165) is 29.2 Å². The largest absolute Gasteiger partial charge is 0.493 e. The second kappa shape index (κ2) is 10.5. The lowest BCUT2D eigenvalue weighted by Crippen LogP contribution is -2.36. The molecule has 3 aromatic rings. The molecule has 0 atom stereocenters. The van der Waals surface area contributed by atoms with Crippen molar-refractivity contribution in [1.82, 2.24) is 15.1 Å². The smallest absolute Gasteiger partial charge is 0.258 e. The average Bonchev–Trinajstić information content (AvgIpc) is 3.09. The van der Waals surface area contributed by atoms with E-state index in [1.54, 1.807) is 25.3 Å². The topological polar surface area (TPSA) is 89.8 Å². The maximum atomic E-state index is 13.0. The highest BCUT2D eigenvalue weighted by Gasteiger charge is 2.15. The van der Waals surface area contributed by atoms with Crippen LogP contribution in [-0.4, -0.2) is 35.9 Å². The molecule has 0 spiro atoms. The van der Waals surface area contributed by atoms with E-state index in [1.807, 2.05) is 48.9 Å². The number of hydrogen-bond acceptors (Lipinski definition) is 5. The Balaban J connectivity index is 1.87. The van der Waals surface area contributed by atoms with Gasteiger partial charge in [-0.1, -0.05) is 18.2 Å². The number of carbonyl (C=O) groups excluding carboxylic acids is 1. The molecule has 2 aromatic carbocycles. The Labute approximate surface area is 188 Å². The van der Waals surface area contributed by atoms with Crippen LogP contribution in [0.2, 0.25) is 0 Å². The minimum atomic E-state index is -0.314. The monoisotopic (exact) mass is 435 g/mol. The molecule has 8 nitrogen and oxygen atoms in total. The first-order valence-corrected chi connectivity index (χ1v) is 10.4. The molecule has 32 heavy (non-hydrogen) atoms. The van der Waals surface area contributed by atoms with Crippen molar-refractivity contribution < 1.29 is 14.3 Å². The van der Waals surface area contributed by atoms with Crippen LogP contribution in [0.4, 0.5) is 5.69 Å². The van der Waals surface area contributed by atoms with Gasteiger partial charge in [-0.3, -0.25) is 14.8 Å². The second-order valence-corrected chi connectivity index (χ2v) is 7.14. The first kappa shape index (κ1) is 22.9. The van der Waals surface area contributed by atoms with Crippen molar-refractivity contribution >= 4 is 17.6 Å². The molecule has 2 N–H and O–H groups in total. The van der Waals surface area contributed by atoms with Crippen LogP contribution in [0.3, 0.4) is 0 Å². The first-order chi connectivity index (χ1) is 15.5. The molecule has 0 saturated heterocycles. The van der Waals surface area contributed by atoms with Crippen molar-refractivity contribution in [3.63, 3.8) is 0 Å². The third kappa shape index (κ3) is 5.26. The Morgan fingerprint density at radius 2 is 1.78 bits per heavy atom. The van der Waals surface area contributed by atoms with Gasteiger partial charge in [0.25, 0.3) is 5.91 Å². The number of anilines is 1. The van der Waals surface area contributed by atoms with Gasteiger partial charge >= 0.3 is 0 Å². The summed E-state index contributed by atoms with van der Waals surface area (Å²) < 4.78 is 12.5. The van der Waals surface area contributed by atoms with Gasteiger partial charge < -0.3 is 14.8 Å². The van der Waals surface area contributed by atoms with Gasteiger partial charge in [0.05, 0.1) is 26.5 Å². The Morgan fingerprint density at radius 3 is 2.41 bits per heavy atom. The number of nitrogens with one attached hydrogen (secondary N) is 2. The van der Waals surface area contributed by atoms with Crippen molar-refractivity contribution in [1.29, 1.82) is 0 Å². The average molecular weight is 436 g/mol. The Morgan fingerprint density at radius 1 is 1.06 bits per heavy atom. The van der Waals surface area contributed by atoms with E-state index in [4.69, 9.17) is 9.47 Å². The predicted molar refractivity (Wildman–Crippen MR) is 126 cm³/mol. The number of guanidine groups is 1. The van der Waals surface area contributed by atoms with E-state index < -0.39 is 0 Å². The molecule has 1 aromatic heterocycles. The number of aryl methyl sites for hydroxylation is 2. The maximum absolute atomic E-state index is 13.0. The summed E-state index contributed by atoms with van der Waals surface area (Å²) in [5.74, 6) is 1.07. The van der Waals surface area contributed by atoms with Crippen LogP contribution in [-0.2, 0) is 13.1 Å². The zero-order chi connectivity index (χ0) is 23.1. The number of benzene rings is 2. The molecule has 0 aliphatic heterocycles. The van der Waals surface area contributed by atoms with Gasteiger partial charge in [-0.2, -0.15) is 5.10 Å². The molecular formula is C24H29N5O3. The summed E-state index contributed by atoms with van der Waals surface area (Å²) in [4.78, 5) is 17.6. The molecule has 0 saturated carbocycles. The normalized spacial score (nSPS) is 11.2. The van der Waals surface area contributed by atoms with Gasteiger partial charge in [-0.25, -0.2) is 4.99 Å². The lowest BCUT2D eigenvalue weighted by molar-refractivity contribution is 0.0976. The molecule has 0 unspecified atom stereocenters. The van der Waals surface area contributed by atoms with Crippen LogP contribution >= 0.6 is 0 Å². The third-order valence-corrected chi connectivity index (χ3v) is 5.14. The Bertz CT molecular complexity index is 1110. The summed E-state index contributed by atoms with van der Waals surface area (Å²) in [6.07, 6.45) is 0. The lowest BCUT2D eigenvalue weighted by Gasteiger charge is -2.13. The SMILES string of the molecule is CCn1nc(C)c(CN=C(NC(=O)c2ccc(OC)c(OC)c2)Nc2ccccc2)c1C. The van der Waals surface area contributed by atoms with Crippen molar-refractivity contribution in [3.8, 4) is 11.5 Å². The summed E-state index contributed by atoms with van der Waals surface area (Å²) >= 11 is 0. The van der Waals surface area contributed by atoms with Gasteiger partial charge in [0.1, 0.15) is 0 Å². The molecule has 0 aliphatic rings. The number of methoxy groups -OCH3 is 2. The zero-order valence-corrected chi connectivity index (χ0v) is 19.1. The number of nitrogens with zero attached hydrogens (tertiary/aromatic N) is 3. The van der Waals surface area contributed by atoms with E-state index in [-0.39, 0.29) is 5.91 Å². The predicted octanol–water partition coefficient (Wildman–Crippen LogP) is 3.94. The molecule has 0 radical (unpaired) electrons. The number of aromatic nitrogens is 2. The van der Waals surface area contributed by atoms with E-state index in [9.17, 15) is 4.79 Å². The molecule has 1 heterocycles. The molecule has 0 aliphatic carbocycles. The standard InChI is InChI=1S/C24H29N5O3/c1-6-29-17(3)20(16(2)28-29)15-25-24(26-19-10-8-7-9-11-19)27-23(30)18-12-13-21(31-4)22(14-18)32-5/h7-14H,6,15H2,1-5H3,(H2,25,26,27,30). The lowest BCUT2D eigenvalue weighted by atomic mass is 10.2. The van der Waals surface area contributed by atoms with E-state index in [0.29, 0.717) is 29.6 Å².